The first-order valence-electron chi connectivity index (χ1n) is 23.9. The summed E-state index contributed by atoms with van der Waals surface area (Å²) in [5, 5.41) is 6.52. The second-order valence-electron chi connectivity index (χ2n) is 17.3. The number of carbonyl (C=O) groups excluding carboxylic acids is 2. The molecule has 1 aliphatic carbocycles. The van der Waals surface area contributed by atoms with Crippen molar-refractivity contribution in [2.75, 3.05) is 23.8 Å². The number of anilines is 2. The monoisotopic (exact) mass is 855 g/mol. The van der Waals surface area contributed by atoms with E-state index >= 15 is 0 Å². The van der Waals surface area contributed by atoms with E-state index in [1.165, 1.54) is 51.4 Å². The normalized spacial score (nSPS) is 16.7. The Hall–Kier alpha value is -6.14. The van der Waals surface area contributed by atoms with E-state index < -0.39 is 23.7 Å². The highest BCUT2D eigenvalue weighted by Crippen LogP contribution is 2.58. The van der Waals surface area contributed by atoms with Crippen LogP contribution in [0.25, 0.3) is 22.3 Å². The van der Waals surface area contributed by atoms with Crippen molar-refractivity contribution < 1.29 is 19.1 Å². The van der Waals surface area contributed by atoms with Crippen molar-refractivity contribution in [3.8, 4) is 33.8 Å². The fraction of sp³-hybridized carbons (Fsp3) is 0.345. The third-order valence-corrected chi connectivity index (χ3v) is 12.7. The quantitative estimate of drug-likeness (QED) is 0.0595. The van der Waals surface area contributed by atoms with Gasteiger partial charge in [0.2, 0.25) is 11.8 Å². The number of hydrogen-bond acceptors (Lipinski definition) is 4. The van der Waals surface area contributed by atoms with Crippen LogP contribution in [0.3, 0.4) is 0 Å². The van der Waals surface area contributed by atoms with Crippen LogP contribution < -0.4 is 20.1 Å². The van der Waals surface area contributed by atoms with Gasteiger partial charge < -0.3 is 20.1 Å². The molecule has 2 N–H and O–H groups in total. The number of amides is 2. The molecular weight excluding hydrogens is 789 g/mol. The van der Waals surface area contributed by atoms with Crippen molar-refractivity contribution in [3.63, 3.8) is 0 Å². The third kappa shape index (κ3) is 12.5. The van der Waals surface area contributed by atoms with E-state index in [1.807, 2.05) is 133 Å². The summed E-state index contributed by atoms with van der Waals surface area (Å²) < 4.78 is 12.4. The van der Waals surface area contributed by atoms with Crippen molar-refractivity contribution in [1.29, 1.82) is 0 Å². The lowest BCUT2D eigenvalue weighted by molar-refractivity contribution is -0.134. The Labute approximate surface area is 381 Å². The maximum Gasteiger partial charge on any atom is 0.228 e. The molecule has 6 nitrogen and oxygen atoms in total. The average Bonchev–Trinajstić information content (AvgIpc) is 3.32. The Morgan fingerprint density at radius 2 is 0.719 bits per heavy atom. The van der Waals surface area contributed by atoms with Crippen LogP contribution in [0.15, 0.2) is 158 Å². The Bertz CT molecular complexity index is 2120. The molecule has 1 fully saturated rings. The Balaban J connectivity index is 1.15. The lowest BCUT2D eigenvalue weighted by Crippen LogP contribution is -2.53. The fourth-order valence-electron chi connectivity index (χ4n) is 9.15. The molecule has 7 rings (SSSR count). The minimum Gasteiger partial charge on any atom is -0.494 e. The van der Waals surface area contributed by atoms with Gasteiger partial charge in [-0.1, -0.05) is 187 Å². The molecule has 1 aliphatic rings. The number of hydrogen-bond donors (Lipinski definition) is 2. The van der Waals surface area contributed by atoms with Gasteiger partial charge in [0.15, 0.2) is 0 Å². The molecule has 0 unspecified atom stereocenters. The van der Waals surface area contributed by atoms with Gasteiger partial charge >= 0.3 is 0 Å². The van der Waals surface area contributed by atoms with Crippen LogP contribution in [-0.4, -0.2) is 25.0 Å². The number of unbranched alkanes of at least 4 members (excludes halogenated alkanes) is 10. The predicted octanol–water partition coefficient (Wildman–Crippen LogP) is 14.9. The minimum atomic E-state index is -0.533. The summed E-state index contributed by atoms with van der Waals surface area (Å²) in [5.74, 6) is -0.505. The summed E-state index contributed by atoms with van der Waals surface area (Å²) in [6.07, 6.45) is 14.4. The van der Waals surface area contributed by atoms with E-state index in [9.17, 15) is 9.59 Å². The van der Waals surface area contributed by atoms with Gasteiger partial charge in [-0.15, -0.1) is 0 Å². The Kier molecular flexibility index (Phi) is 17.2. The molecule has 2 amide bonds. The van der Waals surface area contributed by atoms with Gasteiger partial charge in [0.25, 0.3) is 0 Å². The summed E-state index contributed by atoms with van der Waals surface area (Å²) in [7, 11) is 0. The van der Waals surface area contributed by atoms with E-state index in [2.05, 4.69) is 48.7 Å². The first kappa shape index (κ1) is 45.9. The van der Waals surface area contributed by atoms with Gasteiger partial charge in [-0.25, -0.2) is 0 Å². The zero-order valence-electron chi connectivity index (χ0n) is 37.9. The van der Waals surface area contributed by atoms with Gasteiger partial charge in [-0.05, 0) is 94.8 Å². The van der Waals surface area contributed by atoms with E-state index in [1.54, 1.807) is 0 Å². The number of nitrogens with one attached hydrogen (secondary N) is 2. The summed E-state index contributed by atoms with van der Waals surface area (Å²) in [4.78, 5) is 29.6. The van der Waals surface area contributed by atoms with E-state index in [-0.39, 0.29) is 11.8 Å². The van der Waals surface area contributed by atoms with Crippen LogP contribution in [0.5, 0.6) is 11.5 Å². The summed E-state index contributed by atoms with van der Waals surface area (Å²) in [6.45, 7) is 5.80. The fourth-order valence-corrected chi connectivity index (χ4v) is 9.15. The van der Waals surface area contributed by atoms with Crippen LogP contribution in [0.1, 0.15) is 114 Å². The zero-order chi connectivity index (χ0) is 44.4. The molecule has 64 heavy (non-hydrogen) atoms. The van der Waals surface area contributed by atoms with Crippen LogP contribution in [0.4, 0.5) is 11.4 Å². The average molecular weight is 855 g/mol. The van der Waals surface area contributed by atoms with Gasteiger partial charge in [0, 0.05) is 23.2 Å². The topological polar surface area (TPSA) is 76.7 Å². The molecular formula is C58H66N2O4. The van der Waals surface area contributed by atoms with E-state index in [0.29, 0.717) is 24.6 Å². The molecule has 332 valence electrons. The smallest absolute Gasteiger partial charge is 0.228 e. The summed E-state index contributed by atoms with van der Waals surface area (Å²) >= 11 is 0. The highest BCUT2D eigenvalue weighted by atomic mass is 16.5. The van der Waals surface area contributed by atoms with Gasteiger partial charge in [-0.2, -0.15) is 0 Å². The first-order valence-corrected chi connectivity index (χ1v) is 23.9. The van der Waals surface area contributed by atoms with Gasteiger partial charge in [-0.3, -0.25) is 9.59 Å². The maximum atomic E-state index is 14.8. The first-order chi connectivity index (χ1) is 31.5. The molecule has 0 bridgehead atoms. The maximum absolute atomic E-state index is 14.8. The molecule has 0 heterocycles. The Morgan fingerprint density at radius 1 is 0.391 bits per heavy atom. The third-order valence-electron chi connectivity index (χ3n) is 12.7. The molecule has 0 aromatic heterocycles. The summed E-state index contributed by atoms with van der Waals surface area (Å²) in [6, 6.07) is 52.5. The lowest BCUT2D eigenvalue weighted by Gasteiger charge is -2.50. The Morgan fingerprint density at radius 3 is 1.08 bits per heavy atom. The van der Waals surface area contributed by atoms with Gasteiger partial charge in [0.1, 0.15) is 11.5 Å². The standard InChI is InChI=1S/C58H66N2O4/c1-3-5-7-9-11-19-41-63-51-37-29-47(30-38-51)53-55(57(61)59-49-33-25-45(26-34-49)43-21-15-13-16-22-43)54(48-31-39-52(40-32-48)64-42-20-12-10-8-6-4-2)56(53)58(62)60-50-35-27-46(28-36-50)44-23-17-14-18-24-44/h13-18,21-40,53-56H,3-12,19-20,41-42H2,1-2H3,(H,59,61)(H,60,62). The van der Waals surface area contributed by atoms with Crippen LogP contribution in [-0.2, 0) is 9.59 Å². The second-order valence-corrected chi connectivity index (χ2v) is 17.3. The molecule has 0 spiro atoms. The predicted molar refractivity (Wildman–Crippen MR) is 264 cm³/mol. The number of rotatable bonds is 24. The van der Waals surface area contributed by atoms with Gasteiger partial charge in [0.05, 0.1) is 25.0 Å². The van der Waals surface area contributed by atoms with Crippen molar-refractivity contribution in [2.45, 2.75) is 103 Å². The lowest BCUT2D eigenvalue weighted by atomic mass is 9.52. The molecule has 0 radical (unpaired) electrons. The van der Waals surface area contributed by atoms with Crippen molar-refractivity contribution in [3.05, 3.63) is 169 Å². The van der Waals surface area contributed by atoms with Crippen molar-refractivity contribution >= 4 is 23.2 Å². The number of ether oxygens (including phenoxy) is 2. The minimum absolute atomic E-state index is 0.120. The second kappa shape index (κ2) is 24.1. The molecule has 6 aromatic carbocycles. The number of carbonyl (C=O) groups is 2. The molecule has 6 aromatic rings. The highest BCUT2D eigenvalue weighted by molar-refractivity contribution is 6.01. The number of benzene rings is 6. The van der Waals surface area contributed by atoms with E-state index in [4.69, 9.17) is 9.47 Å². The van der Waals surface area contributed by atoms with Crippen LogP contribution in [0.2, 0.25) is 0 Å². The summed E-state index contributed by atoms with van der Waals surface area (Å²) in [5.41, 5.74) is 7.66. The zero-order valence-corrected chi connectivity index (χ0v) is 37.9. The highest BCUT2D eigenvalue weighted by Gasteiger charge is 2.58. The van der Waals surface area contributed by atoms with Crippen LogP contribution in [0, 0.1) is 11.8 Å². The van der Waals surface area contributed by atoms with Crippen molar-refractivity contribution in [1.82, 2.24) is 0 Å². The molecule has 6 heteroatoms. The molecule has 0 atom stereocenters. The molecule has 1 saturated carbocycles. The largest absolute Gasteiger partial charge is 0.494 e. The molecule has 0 aliphatic heterocycles. The van der Waals surface area contributed by atoms with Crippen LogP contribution >= 0.6 is 0 Å². The van der Waals surface area contributed by atoms with E-state index in [0.717, 1.165) is 70.6 Å². The SMILES string of the molecule is CCCCCCCCOc1ccc(C2C(C(=O)Nc3ccc(-c4ccccc4)cc3)C(c3ccc(OCCCCCCCC)cc3)C2C(=O)Nc2ccc(-c3ccccc3)cc2)cc1. The molecule has 0 saturated heterocycles. The van der Waals surface area contributed by atoms with Crippen molar-refractivity contribution in [2.24, 2.45) is 11.8 Å².